The average molecular weight is 407 g/mol. The molecule has 0 aliphatic carbocycles. The second kappa shape index (κ2) is 6.41. The van der Waals surface area contributed by atoms with Gasteiger partial charge in [-0.3, -0.25) is 0 Å². The van der Waals surface area contributed by atoms with Crippen LogP contribution in [0.25, 0.3) is 0 Å². The molecular formula is C13H9F12N. The Labute approximate surface area is 138 Å². The van der Waals surface area contributed by atoms with Crippen molar-refractivity contribution in [2.24, 2.45) is 0 Å². The molecule has 1 rings (SSSR count). The minimum absolute atomic E-state index is 0.0363. The molecule has 0 saturated carbocycles. The average Bonchev–Trinajstić information content (AvgIpc) is 2.53. The van der Waals surface area contributed by atoms with Gasteiger partial charge in [0.05, 0.1) is 0 Å². The number of halogens is 12. The van der Waals surface area contributed by atoms with E-state index in [9.17, 15) is 52.7 Å². The fourth-order valence-electron chi connectivity index (χ4n) is 1.77. The zero-order valence-electron chi connectivity index (χ0n) is 12.4. The Morgan fingerprint density at radius 2 is 1.12 bits per heavy atom. The van der Waals surface area contributed by atoms with Crippen molar-refractivity contribution in [3.05, 3.63) is 29.8 Å². The van der Waals surface area contributed by atoms with Gasteiger partial charge in [-0.05, 0) is 12.1 Å². The molecule has 0 bridgehead atoms. The van der Waals surface area contributed by atoms with Crippen molar-refractivity contribution in [3.8, 4) is 0 Å². The third-order valence-corrected chi connectivity index (χ3v) is 3.41. The van der Waals surface area contributed by atoms with Gasteiger partial charge in [0.25, 0.3) is 0 Å². The summed E-state index contributed by atoms with van der Waals surface area (Å²) in [4.78, 5) is 0. The smallest absolute Gasteiger partial charge is 0.385 e. The third kappa shape index (κ3) is 2.94. The summed E-state index contributed by atoms with van der Waals surface area (Å²) in [5, 5.41) is 2.35. The summed E-state index contributed by atoms with van der Waals surface area (Å²) in [5.74, 6) is -35.2. The van der Waals surface area contributed by atoms with Gasteiger partial charge >= 0.3 is 36.0 Å². The fraction of sp³-hybridized carbons (Fsp3) is 0.538. The Balaban J connectivity index is 3.48. The van der Waals surface area contributed by atoms with Crippen LogP contribution in [0.3, 0.4) is 0 Å². The maximum absolute atomic E-state index is 13.8. The minimum Gasteiger partial charge on any atom is -0.388 e. The lowest BCUT2D eigenvalue weighted by Crippen LogP contribution is -2.67. The minimum atomic E-state index is -7.52. The maximum atomic E-state index is 13.8. The van der Waals surface area contributed by atoms with Crippen LogP contribution in [-0.4, -0.2) is 37.2 Å². The van der Waals surface area contributed by atoms with Gasteiger partial charge < -0.3 is 5.32 Å². The van der Waals surface area contributed by atoms with Gasteiger partial charge in [0, 0.05) is 18.3 Å². The summed E-state index contributed by atoms with van der Waals surface area (Å²) in [7, 11) is 1.27. The lowest BCUT2D eigenvalue weighted by molar-refractivity contribution is -0.415. The molecule has 0 radical (unpaired) electrons. The number of benzene rings is 1. The van der Waals surface area contributed by atoms with E-state index >= 15 is 0 Å². The van der Waals surface area contributed by atoms with E-state index in [4.69, 9.17) is 0 Å². The second-order valence-electron chi connectivity index (χ2n) is 5.05. The molecule has 0 amide bonds. The molecule has 0 aliphatic rings. The van der Waals surface area contributed by atoms with Gasteiger partial charge in [-0.15, -0.1) is 0 Å². The van der Waals surface area contributed by atoms with Crippen LogP contribution in [0.1, 0.15) is 5.56 Å². The Bertz CT molecular complexity index is 623. The van der Waals surface area contributed by atoms with Crippen LogP contribution >= 0.6 is 0 Å². The fourth-order valence-corrected chi connectivity index (χ4v) is 1.77. The van der Waals surface area contributed by atoms with E-state index in [1.165, 1.54) is 7.05 Å². The van der Waals surface area contributed by atoms with Crippen LogP contribution < -0.4 is 5.32 Å². The number of rotatable bonds is 7. The zero-order valence-corrected chi connectivity index (χ0v) is 12.4. The quantitative estimate of drug-likeness (QED) is 0.578. The van der Waals surface area contributed by atoms with Crippen molar-refractivity contribution in [2.45, 2.75) is 36.0 Å². The Kier molecular flexibility index (Phi) is 5.48. The molecule has 150 valence electrons. The molecule has 0 aliphatic heterocycles. The molecule has 0 atom stereocenters. The Hall–Kier alpha value is -1.82. The highest BCUT2D eigenvalue weighted by molar-refractivity contribution is 5.45. The molecule has 0 fully saturated rings. The predicted molar refractivity (Wildman–Crippen MR) is 65.7 cm³/mol. The van der Waals surface area contributed by atoms with Crippen LogP contribution in [0.4, 0.5) is 58.4 Å². The molecule has 0 heterocycles. The Morgan fingerprint density at radius 3 is 1.46 bits per heavy atom. The van der Waals surface area contributed by atoms with E-state index in [0.29, 0.717) is 12.1 Å². The molecule has 1 nitrogen and oxygen atoms in total. The summed E-state index contributed by atoms with van der Waals surface area (Å²) < 4.78 is 157. The predicted octanol–water partition coefficient (Wildman–Crippen LogP) is 5.63. The number of alkyl halides is 12. The SMILES string of the molecule is CNc1ccc(C(F)(F)C(F)(F)C(F)(F)C(F)(F)C(F)(F)C(F)F)cc1. The van der Waals surface area contributed by atoms with Crippen molar-refractivity contribution >= 4 is 5.69 Å². The Morgan fingerprint density at radius 1 is 0.692 bits per heavy atom. The van der Waals surface area contributed by atoms with Crippen LogP contribution in [0.5, 0.6) is 0 Å². The van der Waals surface area contributed by atoms with E-state index < -0.39 is 41.6 Å². The molecule has 13 heteroatoms. The van der Waals surface area contributed by atoms with Gasteiger partial charge in [0.1, 0.15) is 0 Å². The van der Waals surface area contributed by atoms with Gasteiger partial charge in [-0.25, -0.2) is 8.78 Å². The van der Waals surface area contributed by atoms with Crippen LogP contribution in [-0.2, 0) is 5.92 Å². The second-order valence-corrected chi connectivity index (χ2v) is 5.05. The number of anilines is 1. The zero-order chi connectivity index (χ0) is 20.8. The van der Waals surface area contributed by atoms with E-state index in [1.54, 1.807) is 0 Å². The third-order valence-electron chi connectivity index (χ3n) is 3.41. The van der Waals surface area contributed by atoms with Gasteiger partial charge in [-0.1, -0.05) is 12.1 Å². The summed E-state index contributed by atoms with van der Waals surface area (Å²) >= 11 is 0. The molecule has 0 saturated heterocycles. The lowest BCUT2D eigenvalue weighted by atomic mass is 9.91. The highest BCUT2D eigenvalue weighted by Gasteiger charge is 2.87. The number of nitrogens with one attached hydrogen (secondary N) is 1. The van der Waals surface area contributed by atoms with Crippen LogP contribution in [0.2, 0.25) is 0 Å². The summed E-state index contributed by atoms with van der Waals surface area (Å²) in [6, 6.07) is 1.67. The standard InChI is InChI=1S/C13H9F12N/c1-26-7-4-2-6(3-5-7)9(16,17)11(20,21)13(24,25)12(22,23)10(18,19)8(14)15/h2-5,8,26H,1H3. The number of hydrogen-bond donors (Lipinski definition) is 1. The van der Waals surface area contributed by atoms with Crippen molar-refractivity contribution in [1.29, 1.82) is 0 Å². The van der Waals surface area contributed by atoms with Crippen molar-refractivity contribution in [1.82, 2.24) is 0 Å². The molecular weight excluding hydrogens is 398 g/mol. The first kappa shape index (κ1) is 22.2. The molecule has 1 aromatic rings. The largest absolute Gasteiger partial charge is 0.388 e. The normalized spacial score (nSPS) is 14.7. The monoisotopic (exact) mass is 407 g/mol. The van der Waals surface area contributed by atoms with Crippen molar-refractivity contribution < 1.29 is 52.7 Å². The molecule has 1 N–H and O–H groups in total. The van der Waals surface area contributed by atoms with E-state index in [0.717, 1.165) is 0 Å². The summed E-state index contributed by atoms with van der Waals surface area (Å²) in [5.41, 5.74) is -1.88. The summed E-state index contributed by atoms with van der Waals surface area (Å²) in [6.45, 7) is 0. The van der Waals surface area contributed by atoms with Crippen molar-refractivity contribution in [3.63, 3.8) is 0 Å². The van der Waals surface area contributed by atoms with Gasteiger partial charge in [0.15, 0.2) is 0 Å². The maximum Gasteiger partial charge on any atom is 0.385 e. The van der Waals surface area contributed by atoms with Crippen LogP contribution in [0.15, 0.2) is 24.3 Å². The molecule has 0 aromatic heterocycles. The van der Waals surface area contributed by atoms with Crippen molar-refractivity contribution in [2.75, 3.05) is 12.4 Å². The highest BCUT2D eigenvalue weighted by atomic mass is 19.4. The first-order chi connectivity index (χ1) is 11.5. The van der Waals surface area contributed by atoms with E-state index in [2.05, 4.69) is 5.32 Å². The van der Waals surface area contributed by atoms with E-state index in [-0.39, 0.29) is 17.8 Å². The van der Waals surface area contributed by atoms with Gasteiger partial charge in [-0.2, -0.15) is 43.9 Å². The first-order valence-corrected chi connectivity index (χ1v) is 6.44. The molecule has 0 spiro atoms. The van der Waals surface area contributed by atoms with Gasteiger partial charge in [0.2, 0.25) is 0 Å². The first-order valence-electron chi connectivity index (χ1n) is 6.44. The highest BCUT2D eigenvalue weighted by Crippen LogP contribution is 2.60. The topological polar surface area (TPSA) is 12.0 Å². The molecule has 26 heavy (non-hydrogen) atoms. The summed E-state index contributed by atoms with van der Waals surface area (Å²) in [6.07, 6.45) is -5.51. The number of hydrogen-bond acceptors (Lipinski definition) is 1. The molecule has 1 aromatic carbocycles. The molecule has 0 unspecified atom stereocenters. The van der Waals surface area contributed by atoms with Crippen LogP contribution in [0, 0.1) is 0 Å². The van der Waals surface area contributed by atoms with E-state index in [1.807, 2.05) is 0 Å². The lowest BCUT2D eigenvalue weighted by Gasteiger charge is -2.39.